The van der Waals surface area contributed by atoms with Gasteiger partial charge in [0.1, 0.15) is 11.6 Å². The predicted molar refractivity (Wildman–Crippen MR) is 73.6 cm³/mol. The van der Waals surface area contributed by atoms with Gasteiger partial charge in [0, 0.05) is 12.6 Å². The third kappa shape index (κ3) is 4.16. The molecule has 0 radical (unpaired) electrons. The number of amides is 2. The highest BCUT2D eigenvalue weighted by Gasteiger charge is 2.17. The molecule has 0 saturated carbocycles. The average Bonchev–Trinajstić information content (AvgIpc) is 2.41. The molecule has 0 aliphatic carbocycles. The fraction of sp³-hybridized carbons (Fsp3) is 0.500. The number of hydrogen-bond donors (Lipinski definition) is 2. The maximum absolute atomic E-state index is 13.4. The Morgan fingerprint density at radius 2 is 2.05 bits per heavy atom. The molecule has 0 aromatic heterocycles. The van der Waals surface area contributed by atoms with Gasteiger partial charge in [0.15, 0.2) is 0 Å². The molecular formula is C14H19F2N3O. The van der Waals surface area contributed by atoms with E-state index in [1.54, 1.807) is 0 Å². The number of nitrogens with one attached hydrogen (secondary N) is 2. The maximum Gasteiger partial charge on any atom is 0.319 e. The van der Waals surface area contributed by atoms with Gasteiger partial charge in [-0.15, -0.1) is 0 Å². The molecule has 1 heterocycles. The van der Waals surface area contributed by atoms with E-state index in [0.717, 1.165) is 38.1 Å². The van der Waals surface area contributed by atoms with Crippen molar-refractivity contribution >= 4 is 11.7 Å². The number of hydrogen-bond acceptors (Lipinski definition) is 2. The van der Waals surface area contributed by atoms with Gasteiger partial charge in [-0.3, -0.25) is 0 Å². The molecule has 2 rings (SSSR count). The summed E-state index contributed by atoms with van der Waals surface area (Å²) in [6.07, 6.45) is 2.09. The lowest BCUT2D eigenvalue weighted by Gasteiger charge is -2.28. The summed E-state index contributed by atoms with van der Waals surface area (Å²) in [5.41, 5.74) is -0.0210. The second kappa shape index (κ2) is 6.65. The van der Waals surface area contributed by atoms with Gasteiger partial charge >= 0.3 is 6.03 Å². The van der Waals surface area contributed by atoms with E-state index in [0.29, 0.717) is 12.5 Å². The van der Waals surface area contributed by atoms with E-state index in [1.807, 2.05) is 0 Å². The smallest absolute Gasteiger partial charge is 0.319 e. The highest BCUT2D eigenvalue weighted by Crippen LogP contribution is 2.16. The van der Waals surface area contributed by atoms with Crippen LogP contribution in [0, 0.1) is 17.6 Å². The molecule has 6 heteroatoms. The zero-order valence-corrected chi connectivity index (χ0v) is 11.5. The summed E-state index contributed by atoms with van der Waals surface area (Å²) in [5, 5.41) is 5.11. The molecule has 0 unspecified atom stereocenters. The summed E-state index contributed by atoms with van der Waals surface area (Å²) < 4.78 is 26.1. The van der Waals surface area contributed by atoms with Gasteiger partial charge in [-0.1, -0.05) is 0 Å². The van der Waals surface area contributed by atoms with Crippen LogP contribution in [-0.4, -0.2) is 37.6 Å². The monoisotopic (exact) mass is 283 g/mol. The van der Waals surface area contributed by atoms with Crippen molar-refractivity contribution in [2.45, 2.75) is 12.8 Å². The van der Waals surface area contributed by atoms with Gasteiger partial charge in [-0.25, -0.2) is 13.6 Å². The number of piperidine rings is 1. The lowest BCUT2D eigenvalue weighted by Crippen LogP contribution is -2.38. The molecule has 2 N–H and O–H groups in total. The molecule has 0 spiro atoms. The number of carbonyl (C=O) groups excluding carboxylic acids is 1. The molecule has 1 aliphatic heterocycles. The third-order valence-corrected chi connectivity index (χ3v) is 3.57. The number of rotatable bonds is 3. The molecule has 1 aromatic rings. The van der Waals surface area contributed by atoms with Crippen molar-refractivity contribution in [2.24, 2.45) is 5.92 Å². The minimum absolute atomic E-state index is 0.0210. The summed E-state index contributed by atoms with van der Waals surface area (Å²) in [6, 6.07) is 2.59. The van der Waals surface area contributed by atoms with Crippen LogP contribution in [0.15, 0.2) is 18.2 Å². The minimum atomic E-state index is -0.778. The number of likely N-dealkylation sites (tertiary alicyclic amines) is 1. The first-order chi connectivity index (χ1) is 9.54. The molecule has 20 heavy (non-hydrogen) atoms. The second-order valence-electron chi connectivity index (χ2n) is 5.21. The van der Waals surface area contributed by atoms with Gasteiger partial charge in [-0.05, 0) is 51.0 Å². The summed E-state index contributed by atoms with van der Waals surface area (Å²) in [7, 11) is 2.08. The largest absolute Gasteiger partial charge is 0.338 e. The molecule has 1 fully saturated rings. The van der Waals surface area contributed by atoms with E-state index in [-0.39, 0.29) is 5.69 Å². The van der Waals surface area contributed by atoms with E-state index in [9.17, 15) is 13.6 Å². The van der Waals surface area contributed by atoms with Crippen LogP contribution in [0.1, 0.15) is 12.8 Å². The first-order valence-corrected chi connectivity index (χ1v) is 6.73. The quantitative estimate of drug-likeness (QED) is 0.895. The van der Waals surface area contributed by atoms with E-state index in [1.165, 1.54) is 6.07 Å². The second-order valence-corrected chi connectivity index (χ2v) is 5.21. The number of benzene rings is 1. The van der Waals surface area contributed by atoms with Crippen molar-refractivity contribution in [3.8, 4) is 0 Å². The number of halogens is 2. The van der Waals surface area contributed by atoms with Crippen LogP contribution in [0.3, 0.4) is 0 Å². The van der Waals surface area contributed by atoms with Crippen molar-refractivity contribution in [2.75, 3.05) is 32.0 Å². The van der Waals surface area contributed by atoms with Crippen LogP contribution in [0.2, 0.25) is 0 Å². The summed E-state index contributed by atoms with van der Waals surface area (Å²) in [5.74, 6) is -0.991. The normalized spacial score (nSPS) is 16.9. The van der Waals surface area contributed by atoms with Crippen LogP contribution in [0.25, 0.3) is 0 Å². The van der Waals surface area contributed by atoms with Crippen molar-refractivity contribution in [3.63, 3.8) is 0 Å². The zero-order chi connectivity index (χ0) is 14.5. The average molecular weight is 283 g/mol. The topological polar surface area (TPSA) is 44.4 Å². The Morgan fingerprint density at radius 1 is 1.35 bits per heavy atom. The van der Waals surface area contributed by atoms with Gasteiger partial charge < -0.3 is 15.5 Å². The molecular weight excluding hydrogens is 264 g/mol. The predicted octanol–water partition coefficient (Wildman–Crippen LogP) is 2.43. The van der Waals surface area contributed by atoms with Crippen LogP contribution < -0.4 is 10.6 Å². The highest BCUT2D eigenvalue weighted by molar-refractivity contribution is 5.89. The SMILES string of the molecule is CN1CCC(CNC(=O)Nc2ccc(F)cc2F)CC1. The Kier molecular flexibility index (Phi) is 4.89. The lowest BCUT2D eigenvalue weighted by molar-refractivity contribution is 0.213. The molecule has 0 atom stereocenters. The lowest BCUT2D eigenvalue weighted by atomic mass is 9.97. The van der Waals surface area contributed by atoms with Crippen molar-refractivity contribution in [1.29, 1.82) is 0 Å². The first kappa shape index (κ1) is 14.7. The Labute approximate surface area is 117 Å². The van der Waals surface area contributed by atoms with E-state index < -0.39 is 17.7 Å². The Bertz CT molecular complexity index is 473. The van der Waals surface area contributed by atoms with E-state index in [4.69, 9.17) is 0 Å². The minimum Gasteiger partial charge on any atom is -0.338 e. The third-order valence-electron chi connectivity index (χ3n) is 3.57. The Hall–Kier alpha value is -1.69. The van der Waals surface area contributed by atoms with Crippen LogP contribution >= 0.6 is 0 Å². The standard InChI is InChI=1S/C14H19F2N3O/c1-19-6-4-10(5-7-19)9-17-14(20)18-13-3-2-11(15)8-12(13)16/h2-3,8,10H,4-7,9H2,1H3,(H2,17,18,20). The van der Waals surface area contributed by atoms with Gasteiger partial charge in [0.25, 0.3) is 0 Å². The summed E-state index contributed by atoms with van der Waals surface area (Å²) in [6.45, 7) is 2.63. The Morgan fingerprint density at radius 3 is 2.70 bits per heavy atom. The summed E-state index contributed by atoms with van der Waals surface area (Å²) in [4.78, 5) is 13.9. The van der Waals surface area contributed by atoms with Gasteiger partial charge in [0.05, 0.1) is 5.69 Å². The Balaban J connectivity index is 1.78. The van der Waals surface area contributed by atoms with Crippen LogP contribution in [0.4, 0.5) is 19.3 Å². The molecule has 110 valence electrons. The van der Waals surface area contributed by atoms with Crippen LogP contribution in [-0.2, 0) is 0 Å². The van der Waals surface area contributed by atoms with Crippen molar-refractivity contribution in [1.82, 2.24) is 10.2 Å². The van der Waals surface area contributed by atoms with E-state index >= 15 is 0 Å². The fourth-order valence-corrected chi connectivity index (χ4v) is 2.26. The van der Waals surface area contributed by atoms with Crippen molar-refractivity contribution < 1.29 is 13.6 Å². The van der Waals surface area contributed by atoms with Crippen molar-refractivity contribution in [3.05, 3.63) is 29.8 Å². The summed E-state index contributed by atoms with van der Waals surface area (Å²) >= 11 is 0. The molecule has 4 nitrogen and oxygen atoms in total. The first-order valence-electron chi connectivity index (χ1n) is 6.73. The zero-order valence-electron chi connectivity index (χ0n) is 11.5. The molecule has 1 aromatic carbocycles. The molecule has 1 aliphatic rings. The number of urea groups is 1. The molecule has 1 saturated heterocycles. The highest BCUT2D eigenvalue weighted by atomic mass is 19.1. The van der Waals surface area contributed by atoms with Gasteiger partial charge in [0.2, 0.25) is 0 Å². The number of carbonyl (C=O) groups is 1. The fourth-order valence-electron chi connectivity index (χ4n) is 2.26. The van der Waals surface area contributed by atoms with Gasteiger partial charge in [-0.2, -0.15) is 0 Å². The molecule has 0 bridgehead atoms. The number of anilines is 1. The van der Waals surface area contributed by atoms with E-state index in [2.05, 4.69) is 22.6 Å². The molecule has 2 amide bonds. The maximum atomic E-state index is 13.4. The number of nitrogens with zero attached hydrogens (tertiary/aromatic N) is 1. The van der Waals surface area contributed by atoms with Crippen LogP contribution in [0.5, 0.6) is 0 Å².